The summed E-state index contributed by atoms with van der Waals surface area (Å²) in [5, 5.41) is 4.60. The summed E-state index contributed by atoms with van der Waals surface area (Å²) in [6, 6.07) is 9.79. The number of hydrogen-bond acceptors (Lipinski definition) is 6. The van der Waals surface area contributed by atoms with Gasteiger partial charge >= 0.3 is 5.97 Å². The molecule has 26 heavy (non-hydrogen) atoms. The molecule has 0 saturated carbocycles. The summed E-state index contributed by atoms with van der Waals surface area (Å²) in [5.41, 5.74) is 0.922. The van der Waals surface area contributed by atoms with Crippen molar-refractivity contribution in [3.63, 3.8) is 0 Å². The first kappa shape index (κ1) is 20.1. The molecule has 0 bridgehead atoms. The summed E-state index contributed by atoms with van der Waals surface area (Å²) in [7, 11) is -3.81. The minimum Gasteiger partial charge on any atom is -0.455 e. The molecule has 0 spiro atoms. The molecule has 7 nitrogen and oxygen atoms in total. The van der Waals surface area contributed by atoms with Crippen molar-refractivity contribution in [3.05, 3.63) is 52.2 Å². The Morgan fingerprint density at radius 1 is 1.19 bits per heavy atom. The van der Waals surface area contributed by atoms with Crippen molar-refractivity contribution in [3.8, 4) is 0 Å². The molecule has 1 atom stereocenters. The SMILES string of the molecule is Cc1ccc(S(=O)(=O)NCC(=O)OCC(=O)N[C@H](C)c2cccs2)cc1. The average Bonchev–Trinajstić information content (AvgIpc) is 3.13. The van der Waals surface area contributed by atoms with Crippen LogP contribution in [0, 0.1) is 6.92 Å². The minimum absolute atomic E-state index is 0.0541. The molecule has 0 aliphatic heterocycles. The predicted octanol–water partition coefficient (Wildman–Crippen LogP) is 1.76. The van der Waals surface area contributed by atoms with Gasteiger partial charge in [0.1, 0.15) is 6.54 Å². The highest BCUT2D eigenvalue weighted by Gasteiger charge is 2.17. The topological polar surface area (TPSA) is 102 Å². The zero-order valence-corrected chi connectivity index (χ0v) is 16.0. The van der Waals surface area contributed by atoms with Gasteiger partial charge in [0.25, 0.3) is 5.91 Å². The van der Waals surface area contributed by atoms with Crippen LogP contribution in [0.25, 0.3) is 0 Å². The number of carbonyl (C=O) groups excluding carboxylic acids is 2. The largest absolute Gasteiger partial charge is 0.455 e. The third kappa shape index (κ3) is 5.94. The highest BCUT2D eigenvalue weighted by Crippen LogP contribution is 2.17. The Hall–Kier alpha value is -2.23. The Morgan fingerprint density at radius 3 is 2.50 bits per heavy atom. The molecule has 140 valence electrons. The van der Waals surface area contributed by atoms with Gasteiger partial charge in [-0.1, -0.05) is 23.8 Å². The van der Waals surface area contributed by atoms with E-state index in [2.05, 4.69) is 10.0 Å². The van der Waals surface area contributed by atoms with Crippen LogP contribution < -0.4 is 10.0 Å². The number of carbonyl (C=O) groups is 2. The lowest BCUT2D eigenvalue weighted by Gasteiger charge is -2.12. The van der Waals surface area contributed by atoms with Gasteiger partial charge in [0.2, 0.25) is 10.0 Å². The summed E-state index contributed by atoms with van der Waals surface area (Å²) in [5.74, 6) is -1.29. The van der Waals surface area contributed by atoms with Crippen molar-refractivity contribution < 1.29 is 22.7 Å². The van der Waals surface area contributed by atoms with Gasteiger partial charge in [-0.05, 0) is 37.4 Å². The molecular weight excluding hydrogens is 376 g/mol. The van der Waals surface area contributed by atoms with Crippen molar-refractivity contribution in [1.29, 1.82) is 0 Å². The van der Waals surface area contributed by atoms with Gasteiger partial charge in [0.15, 0.2) is 6.61 Å². The molecule has 1 aromatic heterocycles. The normalized spacial score (nSPS) is 12.4. The first-order valence-electron chi connectivity index (χ1n) is 7.82. The molecule has 1 amide bonds. The highest BCUT2D eigenvalue weighted by molar-refractivity contribution is 7.89. The number of ether oxygens (including phenoxy) is 1. The van der Waals surface area contributed by atoms with Crippen LogP contribution >= 0.6 is 11.3 Å². The summed E-state index contributed by atoms with van der Waals surface area (Å²) in [6.45, 7) is 2.64. The van der Waals surface area contributed by atoms with Gasteiger partial charge < -0.3 is 10.1 Å². The van der Waals surface area contributed by atoms with Crippen molar-refractivity contribution in [2.45, 2.75) is 24.8 Å². The molecular formula is C17H20N2O5S2. The van der Waals surface area contributed by atoms with E-state index < -0.39 is 35.1 Å². The van der Waals surface area contributed by atoms with E-state index in [0.717, 1.165) is 10.4 Å². The zero-order chi connectivity index (χ0) is 19.2. The Morgan fingerprint density at radius 2 is 1.88 bits per heavy atom. The van der Waals surface area contributed by atoms with Gasteiger partial charge in [0.05, 0.1) is 10.9 Å². The third-order valence-corrected chi connectivity index (χ3v) is 5.92. The van der Waals surface area contributed by atoms with Crippen LogP contribution in [0.4, 0.5) is 0 Å². The Bertz CT molecular complexity index is 846. The summed E-state index contributed by atoms with van der Waals surface area (Å²) < 4.78 is 31.1. The van der Waals surface area contributed by atoms with Crippen molar-refractivity contribution in [2.24, 2.45) is 0 Å². The smallest absolute Gasteiger partial charge is 0.321 e. The molecule has 2 N–H and O–H groups in total. The van der Waals surface area contributed by atoms with Crippen molar-refractivity contribution in [1.82, 2.24) is 10.0 Å². The fraction of sp³-hybridized carbons (Fsp3) is 0.294. The third-order valence-electron chi connectivity index (χ3n) is 3.45. The van der Waals surface area contributed by atoms with Crippen molar-refractivity contribution >= 4 is 33.2 Å². The van der Waals surface area contributed by atoms with Gasteiger partial charge in [-0.2, -0.15) is 4.72 Å². The maximum atomic E-state index is 12.1. The molecule has 0 radical (unpaired) electrons. The van der Waals surface area contributed by atoms with E-state index >= 15 is 0 Å². The first-order valence-corrected chi connectivity index (χ1v) is 10.2. The molecule has 0 aliphatic carbocycles. The van der Waals surface area contributed by atoms with E-state index in [9.17, 15) is 18.0 Å². The molecule has 0 saturated heterocycles. The lowest BCUT2D eigenvalue weighted by atomic mass is 10.2. The molecule has 0 fully saturated rings. The second-order valence-corrected chi connectivity index (χ2v) is 8.35. The average molecular weight is 396 g/mol. The molecule has 9 heteroatoms. The van der Waals surface area contributed by atoms with Crippen LogP contribution in [0.1, 0.15) is 23.4 Å². The quantitative estimate of drug-likeness (QED) is 0.662. The van der Waals surface area contributed by atoms with E-state index in [1.807, 2.05) is 31.4 Å². The lowest BCUT2D eigenvalue weighted by Crippen LogP contribution is -2.34. The zero-order valence-electron chi connectivity index (χ0n) is 14.4. The van der Waals surface area contributed by atoms with Crippen LogP contribution in [-0.2, 0) is 24.3 Å². The molecule has 1 aromatic carbocycles. The number of rotatable bonds is 8. The number of esters is 1. The van der Waals surface area contributed by atoms with E-state index in [4.69, 9.17) is 4.74 Å². The predicted molar refractivity (Wildman–Crippen MR) is 98.2 cm³/mol. The van der Waals surface area contributed by atoms with E-state index in [-0.39, 0.29) is 10.9 Å². The van der Waals surface area contributed by atoms with Gasteiger partial charge in [-0.3, -0.25) is 9.59 Å². The second kappa shape index (κ2) is 8.93. The number of amides is 1. The fourth-order valence-corrected chi connectivity index (χ4v) is 3.75. The number of thiophene rings is 1. The second-order valence-electron chi connectivity index (χ2n) is 5.60. The summed E-state index contributed by atoms with van der Waals surface area (Å²) >= 11 is 1.51. The van der Waals surface area contributed by atoms with Crippen LogP contribution in [0.2, 0.25) is 0 Å². The maximum Gasteiger partial charge on any atom is 0.321 e. The lowest BCUT2D eigenvalue weighted by molar-refractivity contribution is -0.147. The van der Waals surface area contributed by atoms with Crippen LogP contribution in [0.5, 0.6) is 0 Å². The Labute approximate surface area is 156 Å². The van der Waals surface area contributed by atoms with Crippen LogP contribution in [0.15, 0.2) is 46.7 Å². The standard InChI is InChI=1S/C17H20N2O5S2/c1-12-5-7-14(8-6-12)26(22,23)18-10-17(21)24-11-16(20)19-13(2)15-4-3-9-25-15/h3-9,13,18H,10-11H2,1-2H3,(H,19,20)/t13-/m1/s1. The Kier molecular flexibility index (Phi) is 6.90. The van der Waals surface area contributed by atoms with Crippen LogP contribution in [0.3, 0.4) is 0 Å². The molecule has 2 rings (SSSR count). The molecule has 2 aromatic rings. The highest BCUT2D eigenvalue weighted by atomic mass is 32.2. The van der Waals surface area contributed by atoms with Gasteiger partial charge in [0, 0.05) is 4.88 Å². The number of nitrogens with one attached hydrogen (secondary N) is 2. The van der Waals surface area contributed by atoms with E-state index in [1.165, 1.54) is 23.5 Å². The first-order chi connectivity index (χ1) is 12.3. The van der Waals surface area contributed by atoms with Crippen molar-refractivity contribution in [2.75, 3.05) is 13.2 Å². The number of aryl methyl sites for hydroxylation is 1. The van der Waals surface area contributed by atoms with Gasteiger partial charge in [-0.25, -0.2) is 8.42 Å². The fourth-order valence-electron chi connectivity index (χ4n) is 2.04. The van der Waals surface area contributed by atoms with Crippen LogP contribution in [-0.4, -0.2) is 33.4 Å². The molecule has 0 aliphatic rings. The minimum atomic E-state index is -3.81. The number of hydrogen-bond donors (Lipinski definition) is 2. The number of benzene rings is 1. The van der Waals surface area contributed by atoms with E-state index in [0.29, 0.717) is 0 Å². The van der Waals surface area contributed by atoms with Gasteiger partial charge in [-0.15, -0.1) is 11.3 Å². The number of sulfonamides is 1. The van der Waals surface area contributed by atoms with E-state index in [1.54, 1.807) is 12.1 Å². The molecule has 0 unspecified atom stereocenters. The Balaban J connectivity index is 1.76. The maximum absolute atomic E-state index is 12.1. The summed E-state index contributed by atoms with van der Waals surface area (Å²) in [6.07, 6.45) is 0. The summed E-state index contributed by atoms with van der Waals surface area (Å²) in [4.78, 5) is 24.5. The molecule has 1 heterocycles. The monoisotopic (exact) mass is 396 g/mol.